The first-order valence-corrected chi connectivity index (χ1v) is 9.78. The maximum atomic E-state index is 12.7. The van der Waals surface area contributed by atoms with Gasteiger partial charge < -0.3 is 28.4 Å². The van der Waals surface area contributed by atoms with Crippen LogP contribution in [0.3, 0.4) is 0 Å². The van der Waals surface area contributed by atoms with Crippen molar-refractivity contribution in [3.63, 3.8) is 0 Å². The van der Waals surface area contributed by atoms with Crippen LogP contribution >= 0.6 is 0 Å². The number of nitro benzene ring substituents is 1. The first kappa shape index (κ1) is 23.8. The molecule has 1 heterocycles. The quantitative estimate of drug-likeness (QED) is 0.360. The van der Waals surface area contributed by atoms with Crippen molar-refractivity contribution in [2.45, 2.75) is 50.2 Å². The summed E-state index contributed by atoms with van der Waals surface area (Å²) >= 11 is 0. The second-order valence-corrected chi connectivity index (χ2v) is 7.60. The normalized spacial score (nSPS) is 31.8. The van der Waals surface area contributed by atoms with Crippen molar-refractivity contribution in [1.82, 2.24) is 0 Å². The van der Waals surface area contributed by atoms with Gasteiger partial charge in [-0.3, -0.25) is 10.1 Å². The highest BCUT2D eigenvalue weighted by Gasteiger charge is 2.59. The molecule has 5 atom stereocenters. The molecule has 0 amide bonds. The number of fused-ring (bicyclic) bond motifs is 1. The average Bonchev–Trinajstić information content (AvgIpc) is 2.79. The van der Waals surface area contributed by atoms with Crippen molar-refractivity contribution in [3.8, 4) is 0 Å². The van der Waals surface area contributed by atoms with Gasteiger partial charge in [0.05, 0.1) is 23.7 Å². The van der Waals surface area contributed by atoms with Gasteiger partial charge in [-0.15, -0.1) is 0 Å². The molecule has 3 rings (SSSR count). The van der Waals surface area contributed by atoms with E-state index in [0.717, 1.165) is 0 Å². The Morgan fingerprint density at radius 3 is 2.16 bits per heavy atom. The Morgan fingerprint density at radius 1 is 1.03 bits per heavy atom. The molecule has 1 saturated heterocycles. The standard InChI is InChI=1S/C21H25NO10/c1-20(28-4)21(2,29-5)32-17-15(10-13(18(23)27-3)11-16(17)31-20)30-19(24)12-6-8-14(9-7-12)22(25)26/h6-10,15-17H,11H2,1-5H3/t15-,16+,17+,20-,21-/m0/s1. The van der Waals surface area contributed by atoms with Crippen molar-refractivity contribution in [2.75, 3.05) is 21.3 Å². The second-order valence-electron chi connectivity index (χ2n) is 7.60. The zero-order valence-corrected chi connectivity index (χ0v) is 18.4. The summed E-state index contributed by atoms with van der Waals surface area (Å²) in [6.07, 6.45) is -0.968. The van der Waals surface area contributed by atoms with E-state index in [1.807, 2.05) is 0 Å². The number of benzene rings is 1. The van der Waals surface area contributed by atoms with Crippen molar-refractivity contribution in [2.24, 2.45) is 0 Å². The van der Waals surface area contributed by atoms with Crippen LogP contribution in [0.25, 0.3) is 0 Å². The molecule has 1 aromatic carbocycles. The van der Waals surface area contributed by atoms with Gasteiger partial charge in [0.2, 0.25) is 11.6 Å². The third-order valence-corrected chi connectivity index (χ3v) is 5.82. The highest BCUT2D eigenvalue weighted by molar-refractivity contribution is 5.91. The summed E-state index contributed by atoms with van der Waals surface area (Å²) < 4.78 is 33.7. The smallest absolute Gasteiger partial charge is 0.338 e. The van der Waals surface area contributed by atoms with Crippen molar-refractivity contribution in [3.05, 3.63) is 51.6 Å². The number of methoxy groups -OCH3 is 3. The summed E-state index contributed by atoms with van der Waals surface area (Å²) in [5, 5.41) is 10.8. The molecule has 1 aromatic rings. The third-order valence-electron chi connectivity index (χ3n) is 5.82. The second kappa shape index (κ2) is 8.94. The molecule has 0 bridgehead atoms. The van der Waals surface area contributed by atoms with Gasteiger partial charge in [0.15, 0.2) is 0 Å². The predicted molar refractivity (Wildman–Crippen MR) is 108 cm³/mol. The van der Waals surface area contributed by atoms with Crippen LogP contribution in [0.4, 0.5) is 5.69 Å². The Bertz CT molecular complexity index is 929. The molecule has 0 N–H and O–H groups in total. The number of carbonyl (C=O) groups excluding carboxylic acids is 2. The van der Waals surface area contributed by atoms with E-state index in [1.54, 1.807) is 13.8 Å². The summed E-state index contributed by atoms with van der Waals surface area (Å²) in [6, 6.07) is 4.96. The molecule has 0 unspecified atom stereocenters. The van der Waals surface area contributed by atoms with E-state index in [-0.39, 0.29) is 23.2 Å². The number of rotatable bonds is 6. The molecular formula is C21H25NO10. The van der Waals surface area contributed by atoms with Crippen molar-refractivity contribution < 1.29 is 42.9 Å². The van der Waals surface area contributed by atoms with Crippen LogP contribution in [0.5, 0.6) is 0 Å². The van der Waals surface area contributed by atoms with Crippen LogP contribution in [0.15, 0.2) is 35.9 Å². The van der Waals surface area contributed by atoms with Crippen LogP contribution < -0.4 is 0 Å². The maximum Gasteiger partial charge on any atom is 0.338 e. The van der Waals surface area contributed by atoms with E-state index < -0.39 is 46.7 Å². The molecule has 1 fully saturated rings. The number of hydrogen-bond acceptors (Lipinski definition) is 10. The molecular weight excluding hydrogens is 426 g/mol. The van der Waals surface area contributed by atoms with E-state index in [0.29, 0.717) is 0 Å². The summed E-state index contributed by atoms with van der Waals surface area (Å²) in [6.45, 7) is 3.27. The number of non-ortho nitro benzene ring substituents is 1. The molecule has 1 aliphatic heterocycles. The van der Waals surface area contributed by atoms with Crippen molar-refractivity contribution >= 4 is 17.6 Å². The Morgan fingerprint density at radius 2 is 1.62 bits per heavy atom. The molecule has 0 saturated carbocycles. The lowest BCUT2D eigenvalue weighted by atomic mass is 9.89. The number of nitro groups is 1. The van der Waals surface area contributed by atoms with E-state index in [1.165, 1.54) is 51.7 Å². The van der Waals surface area contributed by atoms with Gasteiger partial charge >= 0.3 is 11.9 Å². The Kier molecular flexibility index (Phi) is 6.65. The largest absolute Gasteiger partial charge is 0.466 e. The minimum Gasteiger partial charge on any atom is -0.466 e. The molecule has 2 aliphatic rings. The van der Waals surface area contributed by atoms with E-state index in [9.17, 15) is 19.7 Å². The van der Waals surface area contributed by atoms with Crippen LogP contribution in [0.2, 0.25) is 0 Å². The number of esters is 2. The Labute approximate surface area is 184 Å². The zero-order chi connectivity index (χ0) is 23.7. The molecule has 1 aliphatic carbocycles. The SMILES string of the molecule is COC(=O)C1=C[C@H](OC(=O)c2ccc([N+](=O)[O-])cc2)[C@H]2O[C@](C)(OC)[C@@](C)(OC)O[C@@H]2C1. The molecule has 0 aromatic heterocycles. The number of nitrogens with zero attached hydrogens (tertiary/aromatic N) is 1. The minimum atomic E-state index is -1.35. The summed E-state index contributed by atoms with van der Waals surface area (Å²) in [5.74, 6) is -4.01. The lowest BCUT2D eigenvalue weighted by molar-refractivity contribution is -0.452. The lowest BCUT2D eigenvalue weighted by Crippen LogP contribution is -2.68. The maximum absolute atomic E-state index is 12.7. The van der Waals surface area contributed by atoms with Crippen LogP contribution in [-0.4, -0.2) is 68.1 Å². The highest BCUT2D eigenvalue weighted by Crippen LogP contribution is 2.43. The number of ether oxygens (including phenoxy) is 6. The molecule has 32 heavy (non-hydrogen) atoms. The fraction of sp³-hybridized carbons (Fsp3) is 0.524. The first-order chi connectivity index (χ1) is 15.1. The van der Waals surface area contributed by atoms with Gasteiger partial charge in [-0.2, -0.15) is 0 Å². The van der Waals surface area contributed by atoms with Gasteiger partial charge in [-0.05, 0) is 32.1 Å². The summed E-state index contributed by atoms with van der Waals surface area (Å²) in [4.78, 5) is 35.2. The van der Waals surface area contributed by atoms with Gasteiger partial charge in [0.25, 0.3) is 5.69 Å². The van der Waals surface area contributed by atoms with E-state index in [4.69, 9.17) is 28.4 Å². The van der Waals surface area contributed by atoms with Crippen LogP contribution in [0.1, 0.15) is 30.6 Å². The summed E-state index contributed by atoms with van der Waals surface area (Å²) in [7, 11) is 4.11. The molecule has 11 nitrogen and oxygen atoms in total. The van der Waals surface area contributed by atoms with Crippen LogP contribution in [-0.2, 0) is 33.2 Å². The Hall–Kier alpha value is -2.86. The first-order valence-electron chi connectivity index (χ1n) is 9.78. The molecule has 174 valence electrons. The molecule has 0 radical (unpaired) electrons. The molecule has 0 spiro atoms. The topological polar surface area (TPSA) is 133 Å². The number of hydrogen-bond donors (Lipinski definition) is 0. The third kappa shape index (κ3) is 4.24. The lowest BCUT2D eigenvalue weighted by Gasteiger charge is -2.53. The van der Waals surface area contributed by atoms with Gasteiger partial charge in [0, 0.05) is 38.3 Å². The highest BCUT2D eigenvalue weighted by atomic mass is 16.8. The van der Waals surface area contributed by atoms with Gasteiger partial charge in [0.1, 0.15) is 12.2 Å². The predicted octanol–water partition coefficient (Wildman–Crippen LogP) is 2.13. The number of carbonyl (C=O) groups is 2. The van der Waals surface area contributed by atoms with Crippen LogP contribution in [0, 0.1) is 10.1 Å². The average molecular weight is 451 g/mol. The van der Waals surface area contributed by atoms with E-state index >= 15 is 0 Å². The Balaban J connectivity index is 1.91. The van der Waals surface area contributed by atoms with Crippen molar-refractivity contribution in [1.29, 1.82) is 0 Å². The van der Waals surface area contributed by atoms with Gasteiger partial charge in [-0.1, -0.05) is 0 Å². The van der Waals surface area contributed by atoms with Gasteiger partial charge in [-0.25, -0.2) is 9.59 Å². The fourth-order valence-corrected chi connectivity index (χ4v) is 3.68. The summed E-state index contributed by atoms with van der Waals surface area (Å²) in [5.41, 5.74) is 0.183. The van der Waals surface area contributed by atoms with E-state index in [2.05, 4.69) is 0 Å². The minimum absolute atomic E-state index is 0.0960. The zero-order valence-electron chi connectivity index (χ0n) is 18.4. The molecule has 11 heteroatoms. The monoisotopic (exact) mass is 451 g/mol. The fourth-order valence-electron chi connectivity index (χ4n) is 3.68.